The molecule has 0 saturated carbocycles. The summed E-state index contributed by atoms with van der Waals surface area (Å²) < 4.78 is 0. The molecule has 1 aromatic rings. The molecule has 2 rings (SSSR count). The van der Waals surface area contributed by atoms with Crippen LogP contribution in [-0.4, -0.2) is 49.4 Å². The van der Waals surface area contributed by atoms with Crippen LogP contribution >= 0.6 is 24.0 Å². The van der Waals surface area contributed by atoms with Crippen molar-refractivity contribution in [2.24, 2.45) is 11.8 Å². The second kappa shape index (κ2) is 11.5. The van der Waals surface area contributed by atoms with Gasteiger partial charge in [0.05, 0.1) is 0 Å². The molecule has 1 heterocycles. The first-order chi connectivity index (χ1) is 12.4. The van der Waals surface area contributed by atoms with Crippen molar-refractivity contribution in [3.8, 4) is 0 Å². The molecule has 1 aromatic carbocycles. The molecule has 0 spiro atoms. The van der Waals surface area contributed by atoms with E-state index in [1.165, 1.54) is 0 Å². The quantitative estimate of drug-likeness (QED) is 0.717. The minimum Gasteiger partial charge on any atom is -0.341 e. The highest BCUT2D eigenvalue weighted by Crippen LogP contribution is 2.19. The Hall–Kier alpha value is -1.30. The first kappa shape index (κ1) is 23.7. The van der Waals surface area contributed by atoms with Crippen molar-refractivity contribution < 1.29 is 9.59 Å². The molecule has 2 atom stereocenters. The Balaban J connectivity index is 0.00000364. The molecule has 2 amide bonds. The van der Waals surface area contributed by atoms with Crippen LogP contribution in [0.15, 0.2) is 24.3 Å². The molecule has 2 N–H and O–H groups in total. The van der Waals surface area contributed by atoms with Crippen molar-refractivity contribution in [3.05, 3.63) is 34.9 Å². The monoisotopic (exact) mass is 415 g/mol. The number of nitrogens with zero attached hydrogens (tertiary/aromatic N) is 1. The van der Waals surface area contributed by atoms with Gasteiger partial charge in [-0.3, -0.25) is 9.59 Å². The van der Waals surface area contributed by atoms with Gasteiger partial charge in [-0.05, 0) is 69.0 Å². The van der Waals surface area contributed by atoms with Crippen molar-refractivity contribution in [2.45, 2.75) is 39.2 Å². The Kier molecular flexibility index (Phi) is 10.1. The lowest BCUT2D eigenvalue weighted by molar-refractivity contribution is -0.135. The summed E-state index contributed by atoms with van der Waals surface area (Å²) in [6.07, 6.45) is 2.78. The molecule has 1 saturated heterocycles. The molecular formula is C20H31Cl2N3O2. The average molecular weight is 416 g/mol. The van der Waals surface area contributed by atoms with Crippen molar-refractivity contribution in [1.82, 2.24) is 15.5 Å². The molecular weight excluding hydrogens is 385 g/mol. The number of likely N-dealkylation sites (tertiary alicyclic amines) is 1. The van der Waals surface area contributed by atoms with E-state index >= 15 is 0 Å². The van der Waals surface area contributed by atoms with Gasteiger partial charge >= 0.3 is 0 Å². The summed E-state index contributed by atoms with van der Waals surface area (Å²) in [6, 6.07) is 6.23. The van der Waals surface area contributed by atoms with Gasteiger partial charge in [0.1, 0.15) is 6.04 Å². The molecule has 0 aromatic heterocycles. The van der Waals surface area contributed by atoms with Gasteiger partial charge in [-0.2, -0.15) is 0 Å². The van der Waals surface area contributed by atoms with Crippen molar-refractivity contribution >= 4 is 35.8 Å². The number of rotatable bonds is 7. The van der Waals surface area contributed by atoms with Gasteiger partial charge in [-0.25, -0.2) is 0 Å². The number of piperidine rings is 1. The maximum Gasteiger partial charge on any atom is 0.251 e. The highest BCUT2D eigenvalue weighted by Gasteiger charge is 2.30. The molecule has 1 fully saturated rings. The molecule has 0 radical (unpaired) electrons. The first-order valence-electron chi connectivity index (χ1n) is 9.40. The SMILES string of the molecule is CNCC1CCCN(C(=O)C(CC(C)C)NC(=O)c2ccc(Cl)cc2)C1.Cl. The fourth-order valence-electron chi connectivity index (χ4n) is 3.48. The molecule has 5 nitrogen and oxygen atoms in total. The minimum atomic E-state index is -0.494. The van der Waals surface area contributed by atoms with Crippen LogP contribution in [-0.2, 0) is 4.79 Å². The lowest BCUT2D eigenvalue weighted by Gasteiger charge is -2.35. The van der Waals surface area contributed by atoms with Crippen LogP contribution in [0.25, 0.3) is 0 Å². The number of benzene rings is 1. The Morgan fingerprint density at radius 1 is 1.26 bits per heavy atom. The Bertz CT molecular complexity index is 606. The zero-order valence-electron chi connectivity index (χ0n) is 16.3. The molecule has 0 bridgehead atoms. The predicted molar refractivity (Wildman–Crippen MR) is 113 cm³/mol. The highest BCUT2D eigenvalue weighted by molar-refractivity contribution is 6.30. The molecule has 0 aliphatic carbocycles. The van der Waals surface area contributed by atoms with Crippen molar-refractivity contribution in [3.63, 3.8) is 0 Å². The van der Waals surface area contributed by atoms with Crippen LogP contribution in [0.2, 0.25) is 5.02 Å². The fourth-order valence-corrected chi connectivity index (χ4v) is 3.60. The summed E-state index contributed by atoms with van der Waals surface area (Å²) in [6.45, 7) is 6.56. The van der Waals surface area contributed by atoms with Gasteiger partial charge in [0, 0.05) is 23.7 Å². The van der Waals surface area contributed by atoms with E-state index in [0.717, 1.165) is 32.5 Å². The molecule has 7 heteroatoms. The van der Waals surface area contributed by atoms with Crippen LogP contribution in [0.1, 0.15) is 43.5 Å². The zero-order chi connectivity index (χ0) is 19.1. The Labute approximate surface area is 173 Å². The fraction of sp³-hybridized carbons (Fsp3) is 0.600. The summed E-state index contributed by atoms with van der Waals surface area (Å²) >= 11 is 5.88. The predicted octanol–water partition coefficient (Wildman–Crippen LogP) is 3.36. The van der Waals surface area contributed by atoms with Crippen molar-refractivity contribution in [1.29, 1.82) is 0 Å². The molecule has 27 heavy (non-hydrogen) atoms. The van der Waals surface area contributed by atoms with E-state index in [-0.39, 0.29) is 24.2 Å². The summed E-state index contributed by atoms with van der Waals surface area (Å²) in [5, 5.41) is 6.72. The van der Waals surface area contributed by atoms with E-state index in [4.69, 9.17) is 11.6 Å². The van der Waals surface area contributed by atoms with E-state index in [1.807, 2.05) is 11.9 Å². The van der Waals surface area contributed by atoms with Crippen molar-refractivity contribution in [2.75, 3.05) is 26.7 Å². The number of carbonyl (C=O) groups excluding carboxylic acids is 2. The van der Waals surface area contributed by atoms with Crippen LogP contribution in [0.4, 0.5) is 0 Å². The average Bonchev–Trinajstić information content (AvgIpc) is 2.61. The van der Waals surface area contributed by atoms with Crippen LogP contribution in [0.5, 0.6) is 0 Å². The van der Waals surface area contributed by atoms with Gasteiger partial charge in [0.15, 0.2) is 0 Å². The lowest BCUT2D eigenvalue weighted by Crippen LogP contribution is -2.52. The van der Waals surface area contributed by atoms with Gasteiger partial charge < -0.3 is 15.5 Å². The van der Waals surface area contributed by atoms with Gasteiger partial charge in [-0.15, -0.1) is 12.4 Å². The minimum absolute atomic E-state index is 0. The molecule has 152 valence electrons. The second-order valence-electron chi connectivity index (χ2n) is 7.51. The van der Waals surface area contributed by atoms with E-state index in [1.54, 1.807) is 24.3 Å². The Morgan fingerprint density at radius 2 is 1.93 bits per heavy atom. The summed E-state index contributed by atoms with van der Waals surface area (Å²) in [5.41, 5.74) is 0.516. The van der Waals surface area contributed by atoms with E-state index in [0.29, 0.717) is 28.8 Å². The number of hydrogen-bond donors (Lipinski definition) is 2. The number of amides is 2. The van der Waals surface area contributed by atoms with E-state index in [9.17, 15) is 9.59 Å². The lowest BCUT2D eigenvalue weighted by atomic mass is 9.96. The second-order valence-corrected chi connectivity index (χ2v) is 7.95. The standard InChI is InChI=1S/C20H30ClN3O2.ClH/c1-14(2)11-18(23-19(25)16-6-8-17(21)9-7-16)20(26)24-10-4-5-15(13-24)12-22-3;/h6-9,14-15,18,22H,4-5,10-13H2,1-3H3,(H,23,25);1H. The maximum atomic E-state index is 13.1. The third-order valence-corrected chi connectivity index (χ3v) is 4.99. The maximum absolute atomic E-state index is 13.1. The van der Waals surface area contributed by atoms with Gasteiger partial charge in [-0.1, -0.05) is 25.4 Å². The largest absolute Gasteiger partial charge is 0.341 e. The zero-order valence-corrected chi connectivity index (χ0v) is 17.9. The van der Waals surface area contributed by atoms with E-state index in [2.05, 4.69) is 24.5 Å². The highest BCUT2D eigenvalue weighted by atomic mass is 35.5. The van der Waals surface area contributed by atoms with Gasteiger partial charge in [0.25, 0.3) is 5.91 Å². The number of carbonyl (C=O) groups is 2. The molecule has 1 aliphatic rings. The van der Waals surface area contributed by atoms with Crippen LogP contribution in [0, 0.1) is 11.8 Å². The smallest absolute Gasteiger partial charge is 0.251 e. The van der Waals surface area contributed by atoms with Crippen LogP contribution < -0.4 is 10.6 Å². The first-order valence-corrected chi connectivity index (χ1v) is 9.78. The number of halogens is 2. The van der Waals surface area contributed by atoms with Gasteiger partial charge in [0.2, 0.25) is 5.91 Å². The summed E-state index contributed by atoms with van der Waals surface area (Å²) in [5.74, 6) is 0.586. The molecule has 2 unspecified atom stereocenters. The topological polar surface area (TPSA) is 61.4 Å². The summed E-state index contributed by atoms with van der Waals surface area (Å²) in [7, 11) is 1.94. The number of nitrogens with one attached hydrogen (secondary N) is 2. The third-order valence-electron chi connectivity index (χ3n) is 4.74. The Morgan fingerprint density at radius 3 is 2.52 bits per heavy atom. The third kappa shape index (κ3) is 7.32. The van der Waals surface area contributed by atoms with E-state index < -0.39 is 6.04 Å². The summed E-state index contributed by atoms with van der Waals surface area (Å²) in [4.78, 5) is 27.6. The van der Waals surface area contributed by atoms with Crippen LogP contribution in [0.3, 0.4) is 0 Å². The number of hydrogen-bond acceptors (Lipinski definition) is 3. The normalized spacial score (nSPS) is 18.0. The molecule has 1 aliphatic heterocycles.